The van der Waals surface area contributed by atoms with E-state index in [-0.39, 0.29) is 11.5 Å². The molecule has 1 amide bonds. The third-order valence-electron chi connectivity index (χ3n) is 5.92. The highest BCUT2D eigenvalue weighted by atomic mass is 16.1. The highest BCUT2D eigenvalue weighted by molar-refractivity contribution is 5.97. The van der Waals surface area contributed by atoms with Crippen molar-refractivity contribution in [2.45, 2.75) is 46.3 Å². The standard InChI is InChI=1S/C24H28N4O2/c1-3-27(4-2)16-19-9-6-5-8-18(19)15-25-23(29)17-11-12-20-21(14-17)26-22-10-7-13-28(22)24(20)30/h5-6,8-9,11-12,14H,3-4,7,10,13,15-16H2,1-2H3,(H,25,29). The second kappa shape index (κ2) is 8.79. The summed E-state index contributed by atoms with van der Waals surface area (Å²) in [6, 6.07) is 13.4. The molecule has 0 saturated carbocycles. The van der Waals surface area contributed by atoms with Gasteiger partial charge in [-0.1, -0.05) is 38.1 Å². The first-order valence-electron chi connectivity index (χ1n) is 10.7. The SMILES string of the molecule is CCN(CC)Cc1ccccc1CNC(=O)c1ccc2c(=O)n3c(nc2c1)CCC3. The highest BCUT2D eigenvalue weighted by Crippen LogP contribution is 2.17. The Morgan fingerprint density at radius 2 is 1.90 bits per heavy atom. The van der Waals surface area contributed by atoms with Crippen LogP contribution in [0.5, 0.6) is 0 Å². The molecule has 1 N–H and O–H groups in total. The van der Waals surface area contributed by atoms with E-state index in [1.165, 1.54) is 5.56 Å². The zero-order valence-corrected chi connectivity index (χ0v) is 17.6. The number of hydrogen-bond donors (Lipinski definition) is 1. The lowest BCUT2D eigenvalue weighted by Crippen LogP contribution is -2.26. The molecule has 0 atom stereocenters. The van der Waals surface area contributed by atoms with Gasteiger partial charge in [-0.3, -0.25) is 19.1 Å². The molecule has 30 heavy (non-hydrogen) atoms. The molecule has 0 unspecified atom stereocenters. The number of nitrogens with one attached hydrogen (secondary N) is 1. The Bertz CT molecular complexity index is 1130. The van der Waals surface area contributed by atoms with E-state index in [4.69, 9.17) is 0 Å². The number of carbonyl (C=O) groups is 1. The van der Waals surface area contributed by atoms with Gasteiger partial charge in [-0.05, 0) is 48.8 Å². The second-order valence-electron chi connectivity index (χ2n) is 7.73. The summed E-state index contributed by atoms with van der Waals surface area (Å²) in [5.74, 6) is 0.660. The van der Waals surface area contributed by atoms with Crippen molar-refractivity contribution >= 4 is 16.8 Å². The van der Waals surface area contributed by atoms with Crippen molar-refractivity contribution in [1.82, 2.24) is 19.8 Å². The number of aromatic nitrogens is 2. The maximum Gasteiger partial charge on any atom is 0.261 e. The van der Waals surface area contributed by atoms with Crippen molar-refractivity contribution in [3.05, 3.63) is 75.3 Å². The van der Waals surface area contributed by atoms with E-state index in [0.29, 0.717) is 23.0 Å². The van der Waals surface area contributed by atoms with Gasteiger partial charge in [0.2, 0.25) is 0 Å². The van der Waals surface area contributed by atoms with Gasteiger partial charge in [-0.15, -0.1) is 0 Å². The maximum atomic E-state index is 12.8. The lowest BCUT2D eigenvalue weighted by molar-refractivity contribution is 0.0951. The normalized spacial score (nSPS) is 13.0. The fourth-order valence-corrected chi connectivity index (χ4v) is 4.07. The van der Waals surface area contributed by atoms with Crippen LogP contribution in [0, 0.1) is 0 Å². The lowest BCUT2D eigenvalue weighted by Gasteiger charge is -2.20. The third-order valence-corrected chi connectivity index (χ3v) is 5.92. The van der Waals surface area contributed by atoms with Gasteiger partial charge < -0.3 is 5.32 Å². The van der Waals surface area contributed by atoms with Crippen molar-refractivity contribution in [3.8, 4) is 0 Å². The molecule has 1 aliphatic heterocycles. The zero-order chi connectivity index (χ0) is 21.1. The number of hydrogen-bond acceptors (Lipinski definition) is 4. The molecular weight excluding hydrogens is 376 g/mol. The summed E-state index contributed by atoms with van der Waals surface area (Å²) in [5, 5.41) is 3.60. The van der Waals surface area contributed by atoms with Gasteiger partial charge in [-0.25, -0.2) is 4.98 Å². The fraction of sp³-hybridized carbons (Fsp3) is 0.375. The van der Waals surface area contributed by atoms with Crippen molar-refractivity contribution in [2.75, 3.05) is 13.1 Å². The quantitative estimate of drug-likeness (QED) is 0.657. The molecule has 2 heterocycles. The van der Waals surface area contributed by atoms with Crippen molar-refractivity contribution in [1.29, 1.82) is 0 Å². The van der Waals surface area contributed by atoms with Crippen LogP contribution in [-0.4, -0.2) is 33.4 Å². The van der Waals surface area contributed by atoms with E-state index < -0.39 is 0 Å². The Morgan fingerprint density at radius 1 is 1.13 bits per heavy atom. The molecule has 1 aromatic heterocycles. The highest BCUT2D eigenvalue weighted by Gasteiger charge is 2.17. The first-order valence-corrected chi connectivity index (χ1v) is 10.7. The van der Waals surface area contributed by atoms with E-state index >= 15 is 0 Å². The van der Waals surface area contributed by atoms with Gasteiger partial charge in [-0.2, -0.15) is 0 Å². The number of carbonyl (C=O) groups excluding carboxylic acids is 1. The van der Waals surface area contributed by atoms with Crippen LogP contribution in [0.1, 0.15) is 47.6 Å². The summed E-state index contributed by atoms with van der Waals surface area (Å²) in [5.41, 5.74) is 3.46. The van der Waals surface area contributed by atoms with Crippen LogP contribution in [0.4, 0.5) is 0 Å². The molecule has 0 aliphatic carbocycles. The molecule has 0 fully saturated rings. The van der Waals surface area contributed by atoms with Crippen LogP contribution >= 0.6 is 0 Å². The van der Waals surface area contributed by atoms with E-state index in [0.717, 1.165) is 50.4 Å². The molecular formula is C24H28N4O2. The Morgan fingerprint density at radius 3 is 2.67 bits per heavy atom. The molecule has 156 valence electrons. The van der Waals surface area contributed by atoms with Crippen LogP contribution in [0.25, 0.3) is 10.9 Å². The predicted octanol–water partition coefficient (Wildman–Crippen LogP) is 3.11. The summed E-state index contributed by atoms with van der Waals surface area (Å²) in [7, 11) is 0. The van der Waals surface area contributed by atoms with Crippen LogP contribution in [0.2, 0.25) is 0 Å². The van der Waals surface area contributed by atoms with Crippen LogP contribution in [-0.2, 0) is 26.1 Å². The van der Waals surface area contributed by atoms with Gasteiger partial charge in [0.25, 0.3) is 11.5 Å². The molecule has 6 nitrogen and oxygen atoms in total. The van der Waals surface area contributed by atoms with Crippen molar-refractivity contribution < 1.29 is 4.79 Å². The zero-order valence-electron chi connectivity index (χ0n) is 17.6. The van der Waals surface area contributed by atoms with Crippen LogP contribution in [0.15, 0.2) is 47.3 Å². The molecule has 6 heteroatoms. The number of benzene rings is 2. The molecule has 0 spiro atoms. The van der Waals surface area contributed by atoms with E-state index in [1.807, 2.05) is 12.1 Å². The van der Waals surface area contributed by atoms with Gasteiger partial charge in [0.05, 0.1) is 10.9 Å². The van der Waals surface area contributed by atoms with Gasteiger partial charge in [0.15, 0.2) is 0 Å². The van der Waals surface area contributed by atoms with Crippen molar-refractivity contribution in [2.24, 2.45) is 0 Å². The number of amides is 1. The fourth-order valence-electron chi connectivity index (χ4n) is 4.07. The maximum absolute atomic E-state index is 12.8. The number of rotatable bonds is 7. The minimum atomic E-state index is -0.156. The van der Waals surface area contributed by atoms with Gasteiger partial charge in [0, 0.05) is 31.6 Å². The summed E-state index contributed by atoms with van der Waals surface area (Å²) in [4.78, 5) is 32.4. The largest absolute Gasteiger partial charge is 0.348 e. The molecule has 0 saturated heterocycles. The van der Waals surface area contributed by atoms with E-state index in [1.54, 1.807) is 22.8 Å². The predicted molar refractivity (Wildman–Crippen MR) is 119 cm³/mol. The topological polar surface area (TPSA) is 67.2 Å². The summed E-state index contributed by atoms with van der Waals surface area (Å²) in [6.07, 6.45) is 1.75. The summed E-state index contributed by atoms with van der Waals surface area (Å²) >= 11 is 0. The van der Waals surface area contributed by atoms with E-state index in [9.17, 15) is 9.59 Å². The third kappa shape index (κ3) is 4.00. The van der Waals surface area contributed by atoms with Crippen molar-refractivity contribution in [3.63, 3.8) is 0 Å². The van der Waals surface area contributed by atoms with Crippen LogP contribution in [0.3, 0.4) is 0 Å². The molecule has 0 radical (unpaired) electrons. The van der Waals surface area contributed by atoms with Crippen LogP contribution < -0.4 is 10.9 Å². The lowest BCUT2D eigenvalue weighted by atomic mass is 10.1. The second-order valence-corrected chi connectivity index (χ2v) is 7.73. The summed E-state index contributed by atoms with van der Waals surface area (Å²) < 4.78 is 1.74. The number of aryl methyl sites for hydroxylation is 1. The minimum absolute atomic E-state index is 0.00946. The monoisotopic (exact) mass is 404 g/mol. The van der Waals surface area contributed by atoms with Gasteiger partial charge >= 0.3 is 0 Å². The number of fused-ring (bicyclic) bond motifs is 2. The van der Waals surface area contributed by atoms with Gasteiger partial charge in [0.1, 0.15) is 5.82 Å². The Kier molecular flexibility index (Phi) is 5.95. The molecule has 3 aromatic rings. The Labute approximate surface area is 176 Å². The molecule has 4 rings (SSSR count). The molecule has 2 aromatic carbocycles. The first-order chi connectivity index (χ1) is 14.6. The van der Waals surface area contributed by atoms with E-state index in [2.05, 4.69) is 41.2 Å². The Balaban J connectivity index is 1.52. The first kappa shape index (κ1) is 20.3. The summed E-state index contributed by atoms with van der Waals surface area (Å²) in [6.45, 7) is 8.36. The average molecular weight is 405 g/mol. The smallest absolute Gasteiger partial charge is 0.261 e. The molecule has 1 aliphatic rings. The minimum Gasteiger partial charge on any atom is -0.348 e. The molecule has 0 bridgehead atoms. The number of nitrogens with zero attached hydrogens (tertiary/aromatic N) is 3. The average Bonchev–Trinajstić information content (AvgIpc) is 3.25. The Hall–Kier alpha value is -2.99.